The van der Waals surface area contributed by atoms with E-state index < -0.39 is 12.0 Å². The monoisotopic (exact) mass is 342 g/mol. The summed E-state index contributed by atoms with van der Waals surface area (Å²) in [7, 11) is 0. The highest BCUT2D eigenvalue weighted by Gasteiger charge is 2.48. The maximum atomic E-state index is 12.2. The van der Waals surface area contributed by atoms with Gasteiger partial charge < -0.3 is 14.8 Å². The molecule has 0 unspecified atom stereocenters. The molecule has 26 heavy (non-hydrogen) atoms. The van der Waals surface area contributed by atoms with Gasteiger partial charge in [0, 0.05) is 24.1 Å². The number of rotatable bonds is 1. The van der Waals surface area contributed by atoms with Crippen molar-refractivity contribution in [2.75, 3.05) is 11.4 Å². The van der Waals surface area contributed by atoms with E-state index in [9.17, 15) is 9.90 Å². The minimum absolute atomic E-state index is 0.0806. The highest BCUT2D eigenvalue weighted by Crippen LogP contribution is 2.56. The Morgan fingerprint density at radius 2 is 1.88 bits per heavy atom. The number of carboxylic acid groups (broad SMARTS) is 1. The maximum Gasteiger partial charge on any atom is 0.0727 e. The highest BCUT2D eigenvalue weighted by molar-refractivity contribution is 5.96. The lowest BCUT2D eigenvalue weighted by atomic mass is 9.70. The summed E-state index contributed by atoms with van der Waals surface area (Å²) in [5, 5.41) is 14.7. The summed E-state index contributed by atoms with van der Waals surface area (Å²) in [6.45, 7) is 0.817. The quantitative estimate of drug-likeness (QED) is 0.748. The molecule has 4 aliphatic rings. The number of fused-ring (bicyclic) bond motifs is 6. The third-order valence-electron chi connectivity index (χ3n) is 6.99. The van der Waals surface area contributed by atoms with Crippen LogP contribution in [-0.2, 0) is 4.79 Å². The third kappa shape index (κ3) is 1.71. The molecular weight excluding hydrogens is 322 g/mol. The van der Waals surface area contributed by atoms with Gasteiger partial charge in [0.05, 0.1) is 12.0 Å². The molecule has 0 saturated heterocycles. The number of carboxylic acids is 1. The van der Waals surface area contributed by atoms with E-state index in [4.69, 9.17) is 0 Å². The maximum absolute atomic E-state index is 12.2. The van der Waals surface area contributed by atoms with Crippen molar-refractivity contribution in [3.05, 3.63) is 65.8 Å². The normalized spacial score (nSPS) is 33.2. The summed E-state index contributed by atoms with van der Waals surface area (Å²) in [6, 6.07) is 10.4. The molecule has 3 heteroatoms. The molecule has 0 N–H and O–H groups in total. The van der Waals surface area contributed by atoms with Gasteiger partial charge in [-0.2, -0.15) is 0 Å². The zero-order valence-corrected chi connectivity index (χ0v) is 14.5. The van der Waals surface area contributed by atoms with Crippen LogP contribution in [0.25, 0.3) is 10.8 Å². The Balaban J connectivity index is 1.72. The van der Waals surface area contributed by atoms with Gasteiger partial charge in [-0.3, -0.25) is 0 Å². The van der Waals surface area contributed by atoms with Crippen LogP contribution in [0.15, 0.2) is 54.6 Å². The number of carbonyl (C=O) groups excluding carboxylic acids is 1. The summed E-state index contributed by atoms with van der Waals surface area (Å²) < 4.78 is 0. The Bertz CT molecular complexity index is 1000. The third-order valence-corrected chi connectivity index (χ3v) is 6.99. The summed E-state index contributed by atoms with van der Waals surface area (Å²) in [6.07, 6.45) is 10.9. The first-order chi connectivity index (χ1) is 12.7. The summed E-state index contributed by atoms with van der Waals surface area (Å²) >= 11 is 0. The molecule has 3 nitrogen and oxygen atoms in total. The molecule has 0 aromatic heterocycles. The van der Waals surface area contributed by atoms with Crippen LogP contribution < -0.4 is 10.0 Å². The van der Waals surface area contributed by atoms with Crippen molar-refractivity contribution in [2.45, 2.75) is 30.7 Å². The number of hydrogen-bond donors (Lipinski definition) is 0. The topological polar surface area (TPSA) is 43.4 Å². The molecule has 0 bridgehead atoms. The first kappa shape index (κ1) is 14.6. The number of aliphatic carboxylic acids is 1. The minimum Gasteiger partial charge on any atom is -0.548 e. The van der Waals surface area contributed by atoms with Gasteiger partial charge in [0.15, 0.2) is 0 Å². The largest absolute Gasteiger partial charge is 0.548 e. The first-order valence-corrected chi connectivity index (χ1v) is 9.60. The number of carbonyl (C=O) groups is 1. The van der Waals surface area contributed by atoms with Crippen molar-refractivity contribution in [1.29, 1.82) is 0 Å². The Morgan fingerprint density at radius 1 is 1.08 bits per heavy atom. The van der Waals surface area contributed by atoms with E-state index in [1.807, 2.05) is 0 Å². The van der Waals surface area contributed by atoms with E-state index in [-0.39, 0.29) is 11.8 Å². The summed E-state index contributed by atoms with van der Waals surface area (Å²) in [4.78, 5) is 14.4. The van der Waals surface area contributed by atoms with Gasteiger partial charge >= 0.3 is 0 Å². The second-order valence-electron chi connectivity index (χ2n) is 8.17. The standard InChI is InChI=1S/C23H21NO2/c25-23(26)22-18-10-4-9-17(18)20-16-7-2-1-5-13(16)11-19-15-8-3-6-14(15)12-24(22)21(19)20/h1-5,7-9,11,14-15,17-18,22H,6,10,12H2,(H,25,26)/p-1/t14-,15+,17-,18+,22-/m1/s1. The van der Waals surface area contributed by atoms with Crippen molar-refractivity contribution >= 4 is 22.4 Å². The molecule has 0 spiro atoms. The number of anilines is 1. The lowest BCUT2D eigenvalue weighted by Gasteiger charge is -2.51. The number of allylic oxidation sites excluding steroid dienone is 4. The van der Waals surface area contributed by atoms with E-state index in [2.05, 4.69) is 59.5 Å². The first-order valence-electron chi connectivity index (χ1n) is 9.60. The Morgan fingerprint density at radius 3 is 2.77 bits per heavy atom. The smallest absolute Gasteiger partial charge is 0.0727 e. The Labute approximate surface area is 152 Å². The average Bonchev–Trinajstić information content (AvgIpc) is 3.30. The zero-order chi connectivity index (χ0) is 17.4. The molecule has 5 atom stereocenters. The van der Waals surface area contributed by atoms with Crippen LogP contribution in [0.3, 0.4) is 0 Å². The van der Waals surface area contributed by atoms with E-state index in [0.29, 0.717) is 11.8 Å². The lowest BCUT2D eigenvalue weighted by Crippen LogP contribution is -2.58. The molecular formula is C23H20NO2-. The molecule has 0 fully saturated rings. The minimum atomic E-state index is -0.919. The number of benzene rings is 2. The second kappa shape index (κ2) is 5.00. The van der Waals surface area contributed by atoms with Crippen molar-refractivity contribution in [3.63, 3.8) is 0 Å². The van der Waals surface area contributed by atoms with E-state index in [0.717, 1.165) is 19.4 Å². The predicted molar refractivity (Wildman–Crippen MR) is 100 cm³/mol. The molecule has 2 heterocycles. The van der Waals surface area contributed by atoms with Gasteiger partial charge in [0.25, 0.3) is 0 Å². The molecule has 2 aromatic carbocycles. The van der Waals surface area contributed by atoms with Gasteiger partial charge in [-0.25, -0.2) is 0 Å². The second-order valence-corrected chi connectivity index (χ2v) is 8.17. The number of hydrogen-bond acceptors (Lipinski definition) is 3. The van der Waals surface area contributed by atoms with E-state index in [1.54, 1.807) is 0 Å². The van der Waals surface area contributed by atoms with Crippen LogP contribution in [0.5, 0.6) is 0 Å². The SMILES string of the molecule is O=C([O-])[C@H]1[C@H]2CC=C[C@H]2c2c3c(cc4ccccc24)[C@H]2C=CC[C@@H]2CN31. The predicted octanol–water partition coefficient (Wildman–Crippen LogP) is 3.11. The molecule has 130 valence electrons. The summed E-state index contributed by atoms with van der Waals surface area (Å²) in [5.74, 6) is 0.226. The molecule has 2 aliphatic carbocycles. The van der Waals surface area contributed by atoms with Crippen LogP contribution in [0, 0.1) is 11.8 Å². The number of nitrogens with zero attached hydrogens (tertiary/aromatic N) is 1. The van der Waals surface area contributed by atoms with E-state index >= 15 is 0 Å². The molecule has 0 amide bonds. The molecule has 0 saturated carbocycles. The van der Waals surface area contributed by atoms with Crippen molar-refractivity contribution in [2.24, 2.45) is 11.8 Å². The molecule has 6 rings (SSSR count). The fraction of sp³-hybridized carbons (Fsp3) is 0.348. The van der Waals surface area contributed by atoms with Gasteiger partial charge in [-0.1, -0.05) is 48.6 Å². The average molecular weight is 342 g/mol. The fourth-order valence-corrected chi connectivity index (χ4v) is 5.99. The van der Waals surface area contributed by atoms with Crippen molar-refractivity contribution < 1.29 is 9.90 Å². The lowest BCUT2D eigenvalue weighted by molar-refractivity contribution is -0.309. The van der Waals surface area contributed by atoms with Gasteiger partial charge in [-0.05, 0) is 52.6 Å². The van der Waals surface area contributed by atoms with Crippen LogP contribution in [-0.4, -0.2) is 18.6 Å². The Hall–Kier alpha value is -2.55. The van der Waals surface area contributed by atoms with Gasteiger partial charge in [0.1, 0.15) is 0 Å². The highest BCUT2D eigenvalue weighted by atomic mass is 16.4. The van der Waals surface area contributed by atoms with Crippen LogP contribution >= 0.6 is 0 Å². The molecule has 2 aliphatic heterocycles. The molecule has 2 aromatic rings. The van der Waals surface area contributed by atoms with Crippen LogP contribution in [0.2, 0.25) is 0 Å². The zero-order valence-electron chi connectivity index (χ0n) is 14.5. The fourth-order valence-electron chi connectivity index (χ4n) is 5.99. The van der Waals surface area contributed by atoms with Crippen molar-refractivity contribution in [3.8, 4) is 0 Å². The van der Waals surface area contributed by atoms with Crippen LogP contribution in [0.4, 0.5) is 5.69 Å². The van der Waals surface area contributed by atoms with Gasteiger partial charge in [-0.15, -0.1) is 0 Å². The van der Waals surface area contributed by atoms with Gasteiger partial charge in [0.2, 0.25) is 0 Å². The van der Waals surface area contributed by atoms with Crippen molar-refractivity contribution in [1.82, 2.24) is 0 Å². The van der Waals surface area contributed by atoms with Crippen LogP contribution in [0.1, 0.15) is 35.8 Å². The Kier molecular flexibility index (Phi) is 2.81. The molecule has 0 radical (unpaired) electrons. The summed E-state index contributed by atoms with van der Waals surface area (Å²) in [5.41, 5.74) is 3.83. The van der Waals surface area contributed by atoms with E-state index in [1.165, 1.54) is 27.6 Å².